The smallest absolute Gasteiger partial charge is 0.343 e. The van der Waals surface area contributed by atoms with E-state index in [2.05, 4.69) is 10.5 Å². The van der Waals surface area contributed by atoms with Crippen molar-refractivity contribution in [3.05, 3.63) is 83.4 Å². The first-order valence-corrected chi connectivity index (χ1v) is 10.6. The van der Waals surface area contributed by atoms with Gasteiger partial charge in [0.1, 0.15) is 11.5 Å². The molecule has 176 valence electrons. The van der Waals surface area contributed by atoms with E-state index in [4.69, 9.17) is 18.9 Å². The molecule has 3 aromatic rings. The topological polar surface area (TPSA) is 95.5 Å². The van der Waals surface area contributed by atoms with E-state index in [1.165, 1.54) is 20.4 Å². The predicted molar refractivity (Wildman–Crippen MR) is 128 cm³/mol. The number of hydrazone groups is 1. The molecule has 0 spiro atoms. The Kier molecular flexibility index (Phi) is 8.62. The fourth-order valence-corrected chi connectivity index (χ4v) is 2.90. The second-order valence-corrected chi connectivity index (χ2v) is 7.10. The van der Waals surface area contributed by atoms with E-state index in [-0.39, 0.29) is 0 Å². The zero-order chi connectivity index (χ0) is 24.3. The third-order valence-corrected chi connectivity index (χ3v) is 4.68. The summed E-state index contributed by atoms with van der Waals surface area (Å²) in [5.41, 5.74) is 3.97. The number of rotatable bonds is 10. The van der Waals surface area contributed by atoms with E-state index >= 15 is 0 Å². The van der Waals surface area contributed by atoms with E-state index in [1.54, 1.807) is 66.7 Å². The summed E-state index contributed by atoms with van der Waals surface area (Å²) in [5, 5.41) is 3.97. The maximum atomic E-state index is 12.3. The molecule has 1 amide bonds. The molecule has 3 aromatic carbocycles. The van der Waals surface area contributed by atoms with Crippen LogP contribution in [-0.2, 0) is 0 Å². The Morgan fingerprint density at radius 2 is 1.50 bits per heavy atom. The Hall–Kier alpha value is -4.33. The molecule has 0 fully saturated rings. The predicted octanol–water partition coefficient (Wildman–Crippen LogP) is 4.48. The van der Waals surface area contributed by atoms with Gasteiger partial charge in [-0.2, -0.15) is 5.10 Å². The number of nitrogens with one attached hydrogen (secondary N) is 1. The van der Waals surface area contributed by atoms with Crippen molar-refractivity contribution in [2.45, 2.75) is 13.3 Å². The summed E-state index contributed by atoms with van der Waals surface area (Å²) < 4.78 is 21.3. The number of hydrogen-bond donors (Lipinski definition) is 1. The van der Waals surface area contributed by atoms with Crippen LogP contribution in [0.25, 0.3) is 0 Å². The lowest BCUT2D eigenvalue weighted by Crippen LogP contribution is -2.17. The van der Waals surface area contributed by atoms with Crippen LogP contribution < -0.4 is 24.4 Å². The van der Waals surface area contributed by atoms with E-state index in [1.807, 2.05) is 6.92 Å². The van der Waals surface area contributed by atoms with Gasteiger partial charge in [-0.3, -0.25) is 4.79 Å². The summed E-state index contributed by atoms with van der Waals surface area (Å²) in [4.78, 5) is 24.6. The van der Waals surface area contributed by atoms with Crippen LogP contribution in [0.1, 0.15) is 39.6 Å². The summed E-state index contributed by atoms with van der Waals surface area (Å²) in [5.74, 6) is 1.22. The van der Waals surface area contributed by atoms with Crippen LogP contribution in [0.15, 0.2) is 71.8 Å². The molecule has 8 nitrogen and oxygen atoms in total. The van der Waals surface area contributed by atoms with Gasteiger partial charge in [0.2, 0.25) is 0 Å². The molecule has 1 N–H and O–H groups in total. The Labute approximate surface area is 198 Å². The second kappa shape index (κ2) is 12.1. The molecule has 0 heterocycles. The summed E-state index contributed by atoms with van der Waals surface area (Å²) in [6.45, 7) is 2.65. The van der Waals surface area contributed by atoms with Gasteiger partial charge < -0.3 is 18.9 Å². The van der Waals surface area contributed by atoms with Gasteiger partial charge in [-0.1, -0.05) is 6.92 Å². The number of methoxy groups -OCH3 is 2. The number of carbonyl (C=O) groups excluding carboxylic acids is 2. The lowest BCUT2D eigenvalue weighted by Gasteiger charge is -2.08. The summed E-state index contributed by atoms with van der Waals surface area (Å²) >= 11 is 0. The van der Waals surface area contributed by atoms with Gasteiger partial charge in [-0.05, 0) is 78.7 Å². The van der Waals surface area contributed by atoms with Crippen LogP contribution in [0.3, 0.4) is 0 Å². The van der Waals surface area contributed by atoms with Crippen molar-refractivity contribution in [3.63, 3.8) is 0 Å². The quantitative estimate of drug-likeness (QED) is 0.207. The molecule has 34 heavy (non-hydrogen) atoms. The van der Waals surface area contributed by atoms with Crippen molar-refractivity contribution in [2.24, 2.45) is 5.10 Å². The first kappa shape index (κ1) is 24.3. The minimum atomic E-state index is -0.467. The molecule has 0 atom stereocenters. The van der Waals surface area contributed by atoms with Gasteiger partial charge in [-0.25, -0.2) is 10.2 Å². The van der Waals surface area contributed by atoms with Crippen LogP contribution in [0.2, 0.25) is 0 Å². The molecule has 0 aliphatic rings. The zero-order valence-corrected chi connectivity index (χ0v) is 19.2. The van der Waals surface area contributed by atoms with Gasteiger partial charge >= 0.3 is 5.97 Å². The molecule has 0 aliphatic heterocycles. The maximum absolute atomic E-state index is 12.3. The molecule has 0 saturated carbocycles. The van der Waals surface area contributed by atoms with Crippen LogP contribution in [0.5, 0.6) is 23.0 Å². The highest BCUT2D eigenvalue weighted by Crippen LogP contribution is 2.27. The average Bonchev–Trinajstić information content (AvgIpc) is 2.88. The van der Waals surface area contributed by atoms with Crippen molar-refractivity contribution < 1.29 is 28.5 Å². The van der Waals surface area contributed by atoms with Crippen molar-refractivity contribution in [2.75, 3.05) is 20.8 Å². The van der Waals surface area contributed by atoms with Crippen molar-refractivity contribution in [3.8, 4) is 23.0 Å². The highest BCUT2D eigenvalue weighted by Gasteiger charge is 2.11. The SMILES string of the molecule is CCCOc1ccc(C(=O)Oc2ccc(/C=N\NC(=O)c3ccc(OC)c(OC)c3)cc2)cc1. The normalized spacial score (nSPS) is 10.6. The van der Waals surface area contributed by atoms with Crippen molar-refractivity contribution in [1.82, 2.24) is 5.43 Å². The summed E-state index contributed by atoms with van der Waals surface area (Å²) in [6.07, 6.45) is 2.40. The van der Waals surface area contributed by atoms with E-state index < -0.39 is 11.9 Å². The molecule has 0 bridgehead atoms. The number of hydrogen-bond acceptors (Lipinski definition) is 7. The van der Waals surface area contributed by atoms with E-state index in [0.717, 1.165) is 6.42 Å². The molecule has 0 saturated heterocycles. The van der Waals surface area contributed by atoms with Gasteiger partial charge in [0.15, 0.2) is 11.5 Å². The molecular formula is C26H26N2O6. The Morgan fingerprint density at radius 3 is 2.15 bits per heavy atom. The maximum Gasteiger partial charge on any atom is 0.343 e. The van der Waals surface area contributed by atoms with E-state index in [9.17, 15) is 9.59 Å². The zero-order valence-electron chi connectivity index (χ0n) is 19.2. The third kappa shape index (κ3) is 6.59. The lowest BCUT2D eigenvalue weighted by molar-refractivity contribution is 0.0734. The first-order chi connectivity index (χ1) is 16.5. The fourth-order valence-electron chi connectivity index (χ4n) is 2.90. The number of amides is 1. The average molecular weight is 463 g/mol. The van der Waals surface area contributed by atoms with Crippen LogP contribution >= 0.6 is 0 Å². The van der Waals surface area contributed by atoms with Gasteiger partial charge in [-0.15, -0.1) is 0 Å². The van der Waals surface area contributed by atoms with E-state index in [0.29, 0.717) is 46.3 Å². The molecule has 0 aliphatic carbocycles. The van der Waals surface area contributed by atoms with Crippen molar-refractivity contribution >= 4 is 18.1 Å². The van der Waals surface area contributed by atoms with Crippen LogP contribution in [0, 0.1) is 0 Å². The largest absolute Gasteiger partial charge is 0.494 e. The van der Waals surface area contributed by atoms with Gasteiger partial charge in [0.05, 0.1) is 32.6 Å². The monoisotopic (exact) mass is 462 g/mol. The lowest BCUT2D eigenvalue weighted by atomic mass is 10.2. The van der Waals surface area contributed by atoms with Crippen molar-refractivity contribution in [1.29, 1.82) is 0 Å². The summed E-state index contributed by atoms with van der Waals surface area (Å²) in [7, 11) is 3.02. The Morgan fingerprint density at radius 1 is 0.853 bits per heavy atom. The number of benzene rings is 3. The second-order valence-electron chi connectivity index (χ2n) is 7.10. The molecule has 3 rings (SSSR count). The number of carbonyl (C=O) groups is 2. The molecule has 0 unspecified atom stereocenters. The van der Waals surface area contributed by atoms with Crippen LogP contribution in [0.4, 0.5) is 0 Å². The molecule has 0 aromatic heterocycles. The van der Waals surface area contributed by atoms with Gasteiger partial charge in [0, 0.05) is 5.56 Å². The Balaban J connectivity index is 1.54. The van der Waals surface area contributed by atoms with Crippen LogP contribution in [-0.4, -0.2) is 38.9 Å². The van der Waals surface area contributed by atoms with Gasteiger partial charge in [0.25, 0.3) is 5.91 Å². The number of esters is 1. The standard InChI is InChI=1S/C26H26N2O6/c1-4-15-33-21-12-7-19(8-13-21)26(30)34-22-10-5-18(6-11-22)17-27-28-25(29)20-9-14-23(31-2)24(16-20)32-3/h5-14,16-17H,4,15H2,1-3H3,(H,28,29)/b27-17-. The first-order valence-electron chi connectivity index (χ1n) is 10.6. The molecular weight excluding hydrogens is 436 g/mol. The molecule has 8 heteroatoms. The highest BCUT2D eigenvalue weighted by atomic mass is 16.5. The minimum absolute atomic E-state index is 0.377. The number of ether oxygens (including phenoxy) is 4. The summed E-state index contributed by atoms with van der Waals surface area (Å²) in [6, 6.07) is 18.4. The Bertz CT molecular complexity index is 1140. The highest BCUT2D eigenvalue weighted by molar-refractivity contribution is 5.95. The minimum Gasteiger partial charge on any atom is -0.494 e. The molecule has 0 radical (unpaired) electrons. The number of nitrogens with zero attached hydrogens (tertiary/aromatic N) is 1. The third-order valence-electron chi connectivity index (χ3n) is 4.68. The fraction of sp³-hybridized carbons (Fsp3) is 0.192.